The number of aliphatic imine (C=N–C) groups is 1. The van der Waals surface area contributed by atoms with Crippen molar-refractivity contribution < 1.29 is 9.53 Å². The Labute approximate surface area is 53.9 Å². The third-order valence-corrected chi connectivity index (χ3v) is 0.657. The molecular formula is C5H10N2O2. The number of hydrogen-bond acceptors (Lipinski definition) is 3. The summed E-state index contributed by atoms with van der Waals surface area (Å²) in [5.74, 6) is -0.370. The molecule has 0 saturated heterocycles. The molecule has 52 valence electrons. The lowest BCUT2D eigenvalue weighted by Crippen LogP contribution is -2.23. The highest BCUT2D eigenvalue weighted by Gasteiger charge is 1.96. The monoisotopic (exact) mass is 130 g/mol. The number of carbonyl (C=O) groups excluding carboxylic acids is 1. The SMILES string of the molecule is CN=C(NC)OC(C)=O. The molecule has 0 saturated carbocycles. The lowest BCUT2D eigenvalue weighted by Gasteiger charge is -2.00. The molecule has 0 fully saturated rings. The van der Waals surface area contributed by atoms with E-state index in [9.17, 15) is 4.79 Å². The largest absolute Gasteiger partial charge is 0.393 e. The summed E-state index contributed by atoms with van der Waals surface area (Å²) < 4.78 is 4.55. The smallest absolute Gasteiger partial charge is 0.310 e. The van der Waals surface area contributed by atoms with Crippen LogP contribution in [0.25, 0.3) is 0 Å². The van der Waals surface area contributed by atoms with Crippen LogP contribution in [0.5, 0.6) is 0 Å². The second kappa shape index (κ2) is 3.88. The predicted molar refractivity (Wildman–Crippen MR) is 34.2 cm³/mol. The first-order valence-electron chi connectivity index (χ1n) is 2.53. The van der Waals surface area contributed by atoms with E-state index in [1.807, 2.05) is 0 Å². The highest BCUT2D eigenvalue weighted by atomic mass is 16.6. The molecule has 4 nitrogen and oxygen atoms in total. The Bertz CT molecular complexity index is 131. The number of nitrogens with zero attached hydrogens (tertiary/aromatic N) is 1. The van der Waals surface area contributed by atoms with Gasteiger partial charge >= 0.3 is 5.97 Å². The van der Waals surface area contributed by atoms with E-state index in [1.165, 1.54) is 14.0 Å². The van der Waals surface area contributed by atoms with Crippen LogP contribution >= 0.6 is 0 Å². The van der Waals surface area contributed by atoms with Crippen LogP contribution in [0.15, 0.2) is 4.99 Å². The number of carbonyl (C=O) groups is 1. The van der Waals surface area contributed by atoms with Gasteiger partial charge in [-0.1, -0.05) is 0 Å². The molecule has 4 heteroatoms. The zero-order chi connectivity index (χ0) is 7.28. The van der Waals surface area contributed by atoms with Gasteiger partial charge in [-0.15, -0.1) is 0 Å². The van der Waals surface area contributed by atoms with Crippen LogP contribution < -0.4 is 5.32 Å². The molecule has 0 spiro atoms. The second-order valence-electron chi connectivity index (χ2n) is 1.37. The number of nitrogens with one attached hydrogen (secondary N) is 1. The quantitative estimate of drug-likeness (QED) is 0.279. The van der Waals surface area contributed by atoms with Crippen LogP contribution in [0.3, 0.4) is 0 Å². The van der Waals surface area contributed by atoms with Gasteiger partial charge < -0.3 is 10.1 Å². The molecule has 1 N–H and O–H groups in total. The molecule has 0 unspecified atom stereocenters. The van der Waals surface area contributed by atoms with Crippen molar-refractivity contribution in [3.05, 3.63) is 0 Å². The summed E-state index contributed by atoms with van der Waals surface area (Å²) in [4.78, 5) is 13.8. The Morgan fingerprint density at radius 2 is 2.22 bits per heavy atom. The lowest BCUT2D eigenvalue weighted by molar-refractivity contribution is -0.133. The first-order chi connectivity index (χ1) is 4.20. The Hall–Kier alpha value is -1.06. The maximum atomic E-state index is 10.2. The van der Waals surface area contributed by atoms with Crippen LogP contribution in [0.4, 0.5) is 0 Å². The maximum absolute atomic E-state index is 10.2. The highest BCUT2D eigenvalue weighted by molar-refractivity contribution is 5.85. The van der Waals surface area contributed by atoms with Gasteiger partial charge in [0.05, 0.1) is 0 Å². The summed E-state index contributed by atoms with van der Waals surface area (Å²) in [7, 11) is 3.17. The van der Waals surface area contributed by atoms with Gasteiger partial charge in [0.25, 0.3) is 6.02 Å². The molecule has 0 bridgehead atoms. The molecule has 0 heterocycles. The first kappa shape index (κ1) is 7.94. The zero-order valence-corrected chi connectivity index (χ0v) is 5.76. The molecule has 0 aromatic rings. The normalized spacial score (nSPS) is 10.8. The fraction of sp³-hybridized carbons (Fsp3) is 0.600. The van der Waals surface area contributed by atoms with Gasteiger partial charge in [0, 0.05) is 21.0 Å². The average Bonchev–Trinajstić information content (AvgIpc) is 1.82. The summed E-state index contributed by atoms with van der Waals surface area (Å²) in [6.45, 7) is 1.32. The van der Waals surface area contributed by atoms with E-state index in [-0.39, 0.29) is 12.0 Å². The molecule has 0 radical (unpaired) electrons. The van der Waals surface area contributed by atoms with Gasteiger partial charge in [0.15, 0.2) is 0 Å². The van der Waals surface area contributed by atoms with Crippen molar-refractivity contribution in [3.8, 4) is 0 Å². The Kier molecular flexibility index (Phi) is 3.43. The summed E-state index contributed by atoms with van der Waals surface area (Å²) in [5.41, 5.74) is 0. The fourth-order valence-electron chi connectivity index (χ4n) is 0.345. The van der Waals surface area contributed by atoms with Crippen LogP contribution in [0, 0.1) is 0 Å². The second-order valence-corrected chi connectivity index (χ2v) is 1.37. The van der Waals surface area contributed by atoms with Crippen LogP contribution in [-0.4, -0.2) is 26.1 Å². The number of hydrogen-bond donors (Lipinski definition) is 1. The molecule has 0 atom stereocenters. The van der Waals surface area contributed by atoms with Crippen LogP contribution in [-0.2, 0) is 9.53 Å². The van der Waals surface area contributed by atoms with Crippen LogP contribution in [0.1, 0.15) is 6.92 Å². The molecule has 0 aliphatic rings. The molecule has 9 heavy (non-hydrogen) atoms. The topological polar surface area (TPSA) is 50.7 Å². The standard InChI is InChI=1S/C5H10N2O2/c1-4(8)9-5(6-2)7-3/h1-3H3,(H,6,7). The van der Waals surface area contributed by atoms with E-state index in [0.717, 1.165) is 0 Å². The van der Waals surface area contributed by atoms with E-state index < -0.39 is 0 Å². The molecule has 0 aromatic carbocycles. The minimum atomic E-state index is -0.370. The van der Waals surface area contributed by atoms with Crippen molar-refractivity contribution in [2.24, 2.45) is 4.99 Å². The number of ether oxygens (including phenoxy) is 1. The van der Waals surface area contributed by atoms with Crippen molar-refractivity contribution >= 4 is 12.0 Å². The summed E-state index contributed by atoms with van der Waals surface area (Å²) >= 11 is 0. The Morgan fingerprint density at radius 3 is 2.33 bits per heavy atom. The van der Waals surface area contributed by atoms with Gasteiger partial charge in [-0.05, 0) is 0 Å². The summed E-state index contributed by atoms with van der Waals surface area (Å²) in [6, 6.07) is 0.238. The first-order valence-corrected chi connectivity index (χ1v) is 2.53. The van der Waals surface area contributed by atoms with Crippen molar-refractivity contribution in [3.63, 3.8) is 0 Å². The maximum Gasteiger partial charge on any atom is 0.310 e. The van der Waals surface area contributed by atoms with Crippen molar-refractivity contribution in [2.45, 2.75) is 6.92 Å². The van der Waals surface area contributed by atoms with Crippen LogP contribution in [0.2, 0.25) is 0 Å². The van der Waals surface area contributed by atoms with E-state index in [1.54, 1.807) is 7.05 Å². The lowest BCUT2D eigenvalue weighted by atomic mass is 10.8. The summed E-state index contributed by atoms with van der Waals surface area (Å²) in [5, 5.41) is 2.59. The van der Waals surface area contributed by atoms with E-state index >= 15 is 0 Å². The number of esters is 1. The molecule has 0 aliphatic heterocycles. The third-order valence-electron chi connectivity index (χ3n) is 0.657. The van der Waals surface area contributed by atoms with Gasteiger partial charge in [-0.2, -0.15) is 0 Å². The Balaban J connectivity index is 3.71. The van der Waals surface area contributed by atoms with E-state index in [0.29, 0.717) is 0 Å². The molecule has 0 aliphatic carbocycles. The number of rotatable bonds is 0. The molecule has 0 rings (SSSR count). The van der Waals surface area contributed by atoms with E-state index in [2.05, 4.69) is 15.0 Å². The average molecular weight is 130 g/mol. The Morgan fingerprint density at radius 1 is 1.67 bits per heavy atom. The number of amidine groups is 1. The van der Waals surface area contributed by atoms with E-state index in [4.69, 9.17) is 0 Å². The minimum Gasteiger partial charge on any atom is -0.393 e. The van der Waals surface area contributed by atoms with Gasteiger partial charge in [0.2, 0.25) is 0 Å². The third kappa shape index (κ3) is 3.52. The predicted octanol–water partition coefficient (Wildman–Crippen LogP) is -0.245. The van der Waals surface area contributed by atoms with Crippen molar-refractivity contribution in [1.82, 2.24) is 5.32 Å². The van der Waals surface area contributed by atoms with Crippen molar-refractivity contribution in [1.29, 1.82) is 0 Å². The van der Waals surface area contributed by atoms with Crippen molar-refractivity contribution in [2.75, 3.05) is 14.1 Å². The fourth-order valence-corrected chi connectivity index (χ4v) is 0.345. The van der Waals surface area contributed by atoms with Gasteiger partial charge in [-0.3, -0.25) is 4.79 Å². The van der Waals surface area contributed by atoms with Gasteiger partial charge in [0.1, 0.15) is 0 Å². The molecule has 0 amide bonds. The highest BCUT2D eigenvalue weighted by Crippen LogP contribution is 1.76. The molecule has 0 aromatic heterocycles. The molecular weight excluding hydrogens is 120 g/mol. The van der Waals surface area contributed by atoms with Gasteiger partial charge in [-0.25, -0.2) is 4.99 Å². The minimum absolute atomic E-state index is 0.238. The summed E-state index contributed by atoms with van der Waals surface area (Å²) in [6.07, 6.45) is 0. The zero-order valence-electron chi connectivity index (χ0n) is 5.76.